The molecule has 0 atom stereocenters. The van der Waals surface area contributed by atoms with E-state index in [1.807, 2.05) is 32.0 Å². The zero-order valence-corrected chi connectivity index (χ0v) is 11.7. The van der Waals surface area contributed by atoms with E-state index in [2.05, 4.69) is 4.98 Å². The summed E-state index contributed by atoms with van der Waals surface area (Å²) in [4.78, 5) is 17.6. The van der Waals surface area contributed by atoms with Gasteiger partial charge in [0.2, 0.25) is 0 Å². The van der Waals surface area contributed by atoms with Crippen LogP contribution in [0.25, 0.3) is 10.9 Å². The van der Waals surface area contributed by atoms with Gasteiger partial charge >= 0.3 is 0 Å². The Kier molecular flexibility index (Phi) is 3.15. The molecule has 3 nitrogen and oxygen atoms in total. The van der Waals surface area contributed by atoms with E-state index in [9.17, 15) is 4.79 Å². The Hall–Kier alpha value is -1.61. The van der Waals surface area contributed by atoms with Gasteiger partial charge in [-0.15, -0.1) is 0 Å². The van der Waals surface area contributed by atoms with Gasteiger partial charge in [0.25, 0.3) is 0 Å². The molecule has 3 rings (SSSR count). The highest BCUT2D eigenvalue weighted by Crippen LogP contribution is 2.13. The lowest BCUT2D eigenvalue weighted by Crippen LogP contribution is -3.08. The van der Waals surface area contributed by atoms with Crippen molar-refractivity contribution in [1.29, 1.82) is 0 Å². The van der Waals surface area contributed by atoms with Crippen LogP contribution >= 0.6 is 0 Å². The van der Waals surface area contributed by atoms with Crippen molar-refractivity contribution in [1.82, 2.24) is 4.98 Å². The quantitative estimate of drug-likeness (QED) is 0.836. The summed E-state index contributed by atoms with van der Waals surface area (Å²) in [7, 11) is 0. The predicted octanol–water partition coefficient (Wildman–Crippen LogP) is 1.32. The maximum absolute atomic E-state index is 12.7. The molecule has 1 aliphatic heterocycles. The first-order valence-electron chi connectivity index (χ1n) is 7.11. The molecule has 1 aromatic heterocycles. The molecule has 100 valence electrons. The SMILES string of the molecule is Cc1ccc2[nH]c(C)c(C[NH+]3CCCC3)c(=O)c2c1. The molecule has 0 spiro atoms. The second-order valence-electron chi connectivity index (χ2n) is 5.74. The van der Waals surface area contributed by atoms with Crippen molar-refractivity contribution in [2.75, 3.05) is 13.1 Å². The van der Waals surface area contributed by atoms with Crippen LogP contribution in [0.1, 0.15) is 29.7 Å². The lowest BCUT2D eigenvalue weighted by Gasteiger charge is -2.14. The standard InChI is InChI=1S/C16H20N2O/c1-11-5-6-15-13(9-11)16(19)14(12(2)17-15)10-18-7-3-4-8-18/h5-6,9H,3-4,7-8,10H2,1-2H3,(H,17,19)/p+1. The Morgan fingerprint density at radius 2 is 1.95 bits per heavy atom. The van der Waals surface area contributed by atoms with Crippen molar-refractivity contribution in [3.05, 3.63) is 45.2 Å². The molecule has 2 N–H and O–H groups in total. The first-order chi connectivity index (χ1) is 9.15. The van der Waals surface area contributed by atoms with E-state index in [4.69, 9.17) is 0 Å². The molecule has 0 bridgehead atoms. The number of aryl methyl sites for hydroxylation is 2. The fourth-order valence-corrected chi connectivity index (χ4v) is 3.08. The molecular weight excluding hydrogens is 236 g/mol. The number of aromatic amines is 1. The van der Waals surface area contributed by atoms with Crippen molar-refractivity contribution in [3.63, 3.8) is 0 Å². The smallest absolute Gasteiger partial charge is 0.198 e. The second kappa shape index (κ2) is 4.82. The van der Waals surface area contributed by atoms with Crippen molar-refractivity contribution in [2.45, 2.75) is 33.2 Å². The lowest BCUT2D eigenvalue weighted by molar-refractivity contribution is -0.901. The van der Waals surface area contributed by atoms with Crippen LogP contribution in [0.15, 0.2) is 23.0 Å². The van der Waals surface area contributed by atoms with E-state index in [0.717, 1.165) is 34.3 Å². The Morgan fingerprint density at radius 1 is 1.21 bits per heavy atom. The topological polar surface area (TPSA) is 37.3 Å². The number of hydrogen-bond donors (Lipinski definition) is 2. The summed E-state index contributed by atoms with van der Waals surface area (Å²) < 4.78 is 0. The third kappa shape index (κ3) is 2.30. The lowest BCUT2D eigenvalue weighted by atomic mass is 10.1. The molecular formula is C16H21N2O+. The van der Waals surface area contributed by atoms with E-state index in [0.29, 0.717) is 0 Å². The van der Waals surface area contributed by atoms with Gasteiger partial charge in [-0.25, -0.2) is 0 Å². The molecule has 1 fully saturated rings. The highest BCUT2D eigenvalue weighted by Gasteiger charge is 2.19. The minimum Gasteiger partial charge on any atom is -0.358 e. The molecule has 0 aliphatic carbocycles. The molecule has 19 heavy (non-hydrogen) atoms. The van der Waals surface area contributed by atoms with Crippen LogP contribution in [0, 0.1) is 13.8 Å². The van der Waals surface area contributed by atoms with Crippen LogP contribution in [0.4, 0.5) is 0 Å². The summed E-state index contributed by atoms with van der Waals surface area (Å²) in [6.07, 6.45) is 2.58. The maximum atomic E-state index is 12.7. The monoisotopic (exact) mass is 257 g/mol. The Morgan fingerprint density at radius 3 is 2.68 bits per heavy atom. The van der Waals surface area contributed by atoms with E-state index in [-0.39, 0.29) is 5.43 Å². The number of nitrogens with one attached hydrogen (secondary N) is 2. The van der Waals surface area contributed by atoms with E-state index >= 15 is 0 Å². The van der Waals surface area contributed by atoms with Gasteiger partial charge in [0, 0.05) is 29.4 Å². The van der Waals surface area contributed by atoms with Crippen molar-refractivity contribution < 1.29 is 4.90 Å². The van der Waals surface area contributed by atoms with Crippen LogP contribution in [0.5, 0.6) is 0 Å². The van der Waals surface area contributed by atoms with Gasteiger partial charge in [-0.05, 0) is 26.0 Å². The summed E-state index contributed by atoms with van der Waals surface area (Å²) in [5.41, 5.74) is 4.31. The molecule has 1 aromatic carbocycles. The van der Waals surface area contributed by atoms with Gasteiger partial charge in [0.05, 0.1) is 18.7 Å². The van der Waals surface area contributed by atoms with Crippen LogP contribution in [-0.4, -0.2) is 18.1 Å². The Balaban J connectivity index is 2.10. The number of hydrogen-bond acceptors (Lipinski definition) is 1. The predicted molar refractivity (Wildman–Crippen MR) is 77.7 cm³/mol. The van der Waals surface area contributed by atoms with Gasteiger partial charge in [0.1, 0.15) is 6.54 Å². The van der Waals surface area contributed by atoms with E-state index in [1.165, 1.54) is 25.9 Å². The first kappa shape index (κ1) is 12.4. The van der Waals surface area contributed by atoms with Crippen molar-refractivity contribution in [2.24, 2.45) is 0 Å². The summed E-state index contributed by atoms with van der Waals surface area (Å²) in [6.45, 7) is 7.32. The van der Waals surface area contributed by atoms with Gasteiger partial charge in [-0.3, -0.25) is 4.79 Å². The number of H-pyrrole nitrogens is 1. The molecule has 1 aliphatic rings. The average Bonchev–Trinajstić information content (AvgIpc) is 2.89. The summed E-state index contributed by atoms with van der Waals surface area (Å²) in [6, 6.07) is 6.05. The molecule has 1 saturated heterocycles. The number of aromatic nitrogens is 1. The van der Waals surface area contributed by atoms with Crippen LogP contribution in [0.3, 0.4) is 0 Å². The van der Waals surface area contributed by atoms with Gasteiger partial charge in [-0.1, -0.05) is 11.6 Å². The molecule has 3 heteroatoms. The zero-order valence-electron chi connectivity index (χ0n) is 11.7. The first-order valence-corrected chi connectivity index (χ1v) is 7.11. The third-order valence-corrected chi connectivity index (χ3v) is 4.21. The number of pyridine rings is 1. The summed E-state index contributed by atoms with van der Waals surface area (Å²) >= 11 is 0. The van der Waals surface area contributed by atoms with Crippen molar-refractivity contribution >= 4 is 10.9 Å². The van der Waals surface area contributed by atoms with Crippen LogP contribution in [-0.2, 0) is 6.54 Å². The number of rotatable bonds is 2. The number of fused-ring (bicyclic) bond motifs is 1. The molecule has 0 radical (unpaired) electrons. The Labute approximate surface area is 113 Å². The molecule has 2 aromatic rings. The second-order valence-corrected chi connectivity index (χ2v) is 5.74. The number of quaternary nitrogens is 1. The normalized spacial score (nSPS) is 16.3. The highest BCUT2D eigenvalue weighted by atomic mass is 16.1. The maximum Gasteiger partial charge on any atom is 0.198 e. The average molecular weight is 257 g/mol. The zero-order chi connectivity index (χ0) is 13.4. The highest BCUT2D eigenvalue weighted by molar-refractivity contribution is 5.80. The van der Waals surface area contributed by atoms with Crippen LogP contribution < -0.4 is 10.3 Å². The summed E-state index contributed by atoms with van der Waals surface area (Å²) in [5, 5.41) is 0.833. The van der Waals surface area contributed by atoms with E-state index < -0.39 is 0 Å². The Bertz CT molecular complexity index is 666. The largest absolute Gasteiger partial charge is 0.358 e. The fraction of sp³-hybridized carbons (Fsp3) is 0.438. The van der Waals surface area contributed by atoms with Gasteiger partial charge in [-0.2, -0.15) is 0 Å². The molecule has 0 saturated carbocycles. The number of benzene rings is 1. The minimum atomic E-state index is 0.217. The van der Waals surface area contributed by atoms with E-state index in [1.54, 1.807) is 4.90 Å². The molecule has 0 amide bonds. The van der Waals surface area contributed by atoms with Crippen molar-refractivity contribution in [3.8, 4) is 0 Å². The number of likely N-dealkylation sites (tertiary alicyclic amines) is 1. The van der Waals surface area contributed by atoms with Gasteiger partial charge < -0.3 is 9.88 Å². The molecule has 0 unspecified atom stereocenters. The van der Waals surface area contributed by atoms with Gasteiger partial charge in [0.15, 0.2) is 5.43 Å². The third-order valence-electron chi connectivity index (χ3n) is 4.21. The summed E-state index contributed by atoms with van der Waals surface area (Å²) in [5.74, 6) is 0. The molecule has 2 heterocycles. The minimum absolute atomic E-state index is 0.217. The fourth-order valence-electron chi connectivity index (χ4n) is 3.08. The van der Waals surface area contributed by atoms with Crippen LogP contribution in [0.2, 0.25) is 0 Å².